The number of nitrogens with one attached hydrogen (secondary N) is 2. The first-order valence-corrected chi connectivity index (χ1v) is 7.64. The zero-order valence-corrected chi connectivity index (χ0v) is 13.4. The van der Waals surface area contributed by atoms with Crippen molar-refractivity contribution in [3.63, 3.8) is 0 Å². The Kier molecular flexibility index (Phi) is 4.92. The normalized spacial score (nSPS) is 11.7. The second kappa shape index (κ2) is 6.68. The maximum atomic E-state index is 11.9. The lowest BCUT2D eigenvalue weighted by Gasteiger charge is -2.13. The molecule has 8 heteroatoms. The van der Waals surface area contributed by atoms with Crippen LogP contribution in [0.15, 0.2) is 34.2 Å². The number of thiazole rings is 1. The van der Waals surface area contributed by atoms with Crippen molar-refractivity contribution in [2.45, 2.75) is 13.0 Å². The van der Waals surface area contributed by atoms with Gasteiger partial charge in [0.15, 0.2) is 0 Å². The van der Waals surface area contributed by atoms with Crippen molar-refractivity contribution < 1.29 is 14.7 Å². The van der Waals surface area contributed by atoms with E-state index in [0.717, 1.165) is 5.01 Å². The van der Waals surface area contributed by atoms with Gasteiger partial charge in [0.25, 0.3) is 0 Å². The molecule has 0 aliphatic carbocycles. The molecule has 110 valence electrons. The molecule has 1 heterocycles. The first kappa shape index (κ1) is 15.5. The molecule has 6 nitrogen and oxygen atoms in total. The summed E-state index contributed by atoms with van der Waals surface area (Å²) in [5.41, 5.74) is 0.486. The summed E-state index contributed by atoms with van der Waals surface area (Å²) in [6.07, 6.45) is 1.67. The molecule has 0 saturated heterocycles. The Bertz CT molecular complexity index is 661. The number of benzene rings is 1. The van der Waals surface area contributed by atoms with Crippen LogP contribution in [0.5, 0.6) is 0 Å². The first-order chi connectivity index (χ1) is 9.97. The van der Waals surface area contributed by atoms with Gasteiger partial charge in [0.1, 0.15) is 5.01 Å². The first-order valence-electron chi connectivity index (χ1n) is 5.97. The van der Waals surface area contributed by atoms with E-state index in [2.05, 4.69) is 31.5 Å². The van der Waals surface area contributed by atoms with Gasteiger partial charge in [-0.3, -0.25) is 0 Å². The third-order valence-corrected chi connectivity index (χ3v) is 4.28. The largest absolute Gasteiger partial charge is 0.478 e. The lowest BCUT2D eigenvalue weighted by molar-refractivity contribution is 0.0697. The maximum Gasteiger partial charge on any atom is 0.335 e. The van der Waals surface area contributed by atoms with Crippen molar-refractivity contribution in [2.24, 2.45) is 0 Å². The van der Waals surface area contributed by atoms with Gasteiger partial charge in [-0.15, -0.1) is 11.3 Å². The Morgan fingerprint density at radius 3 is 2.81 bits per heavy atom. The summed E-state index contributed by atoms with van der Waals surface area (Å²) in [4.78, 5) is 27.0. The highest BCUT2D eigenvalue weighted by Gasteiger charge is 2.13. The van der Waals surface area contributed by atoms with E-state index in [1.54, 1.807) is 12.3 Å². The number of carboxylic acids is 1. The average molecular weight is 370 g/mol. The van der Waals surface area contributed by atoms with Crippen LogP contribution >= 0.6 is 27.3 Å². The molecule has 0 fully saturated rings. The zero-order chi connectivity index (χ0) is 15.4. The maximum absolute atomic E-state index is 11.9. The SMILES string of the molecule is CC(NC(=O)Nc1cc(C(=O)O)ccc1Br)c1nccs1. The van der Waals surface area contributed by atoms with E-state index in [4.69, 9.17) is 5.11 Å². The predicted octanol–water partition coefficient (Wildman–Crippen LogP) is 3.49. The average Bonchev–Trinajstić information content (AvgIpc) is 2.95. The van der Waals surface area contributed by atoms with Gasteiger partial charge in [-0.05, 0) is 41.1 Å². The van der Waals surface area contributed by atoms with E-state index in [9.17, 15) is 9.59 Å². The zero-order valence-electron chi connectivity index (χ0n) is 11.0. The van der Waals surface area contributed by atoms with E-state index in [1.165, 1.54) is 23.5 Å². The fourth-order valence-corrected chi connectivity index (χ4v) is 2.61. The summed E-state index contributed by atoms with van der Waals surface area (Å²) in [5, 5.41) is 16.9. The second-order valence-electron chi connectivity index (χ2n) is 4.19. The van der Waals surface area contributed by atoms with Crippen LogP contribution in [-0.4, -0.2) is 22.1 Å². The Labute approximate surface area is 133 Å². The number of aromatic carboxylic acids is 1. The van der Waals surface area contributed by atoms with Crippen molar-refractivity contribution >= 4 is 45.0 Å². The Hall–Kier alpha value is -1.93. The van der Waals surface area contributed by atoms with Crippen LogP contribution in [-0.2, 0) is 0 Å². The van der Waals surface area contributed by atoms with E-state index in [1.807, 2.05) is 12.3 Å². The van der Waals surface area contributed by atoms with E-state index in [0.29, 0.717) is 10.2 Å². The van der Waals surface area contributed by atoms with Crippen molar-refractivity contribution in [2.75, 3.05) is 5.32 Å². The van der Waals surface area contributed by atoms with E-state index >= 15 is 0 Å². The van der Waals surface area contributed by atoms with Gasteiger partial charge in [-0.25, -0.2) is 14.6 Å². The number of carbonyl (C=O) groups excluding carboxylic acids is 1. The molecular formula is C13H12BrN3O3S. The third kappa shape index (κ3) is 4.02. The molecule has 2 rings (SSSR count). The summed E-state index contributed by atoms with van der Waals surface area (Å²) < 4.78 is 0.601. The molecule has 0 radical (unpaired) electrons. The molecule has 0 aliphatic heterocycles. The summed E-state index contributed by atoms with van der Waals surface area (Å²) in [7, 11) is 0. The summed E-state index contributed by atoms with van der Waals surface area (Å²) in [5.74, 6) is -1.05. The third-order valence-electron chi connectivity index (χ3n) is 2.63. The van der Waals surface area contributed by atoms with Crippen LogP contribution in [0.2, 0.25) is 0 Å². The number of aromatic nitrogens is 1. The van der Waals surface area contributed by atoms with Crippen molar-refractivity contribution in [3.8, 4) is 0 Å². The molecule has 0 saturated carbocycles. The standard InChI is InChI=1S/C13H12BrN3O3S/c1-7(11-15-4-5-21-11)16-13(20)17-10-6-8(12(18)19)2-3-9(10)14/h2-7H,1H3,(H,18,19)(H2,16,17,20). The van der Waals surface area contributed by atoms with Crippen LogP contribution in [0.1, 0.15) is 28.3 Å². The lowest BCUT2D eigenvalue weighted by Crippen LogP contribution is -2.31. The van der Waals surface area contributed by atoms with Gasteiger partial charge in [-0.2, -0.15) is 0 Å². The summed E-state index contributed by atoms with van der Waals surface area (Å²) in [6, 6.07) is 3.75. The topological polar surface area (TPSA) is 91.3 Å². The van der Waals surface area contributed by atoms with Crippen molar-refractivity contribution in [1.29, 1.82) is 0 Å². The van der Waals surface area contributed by atoms with Crippen molar-refractivity contribution in [3.05, 3.63) is 44.8 Å². The van der Waals surface area contributed by atoms with Crippen LogP contribution in [0, 0.1) is 0 Å². The molecule has 3 N–H and O–H groups in total. The summed E-state index contributed by atoms with van der Waals surface area (Å²) >= 11 is 4.72. The van der Waals surface area contributed by atoms with Crippen molar-refractivity contribution in [1.82, 2.24) is 10.3 Å². The molecule has 21 heavy (non-hydrogen) atoms. The number of halogens is 1. The van der Waals surface area contributed by atoms with Crippen LogP contribution in [0.4, 0.5) is 10.5 Å². The minimum absolute atomic E-state index is 0.0986. The minimum atomic E-state index is -1.05. The fourth-order valence-electron chi connectivity index (χ4n) is 1.62. The Morgan fingerprint density at radius 1 is 1.43 bits per heavy atom. The number of rotatable bonds is 4. The fraction of sp³-hybridized carbons (Fsp3) is 0.154. The highest BCUT2D eigenvalue weighted by molar-refractivity contribution is 9.10. The summed E-state index contributed by atoms with van der Waals surface area (Å²) in [6.45, 7) is 1.82. The van der Waals surface area contributed by atoms with Crippen LogP contribution < -0.4 is 10.6 Å². The van der Waals surface area contributed by atoms with Crippen LogP contribution in [0.3, 0.4) is 0 Å². The monoisotopic (exact) mass is 369 g/mol. The highest BCUT2D eigenvalue weighted by atomic mass is 79.9. The Morgan fingerprint density at radius 2 is 2.19 bits per heavy atom. The minimum Gasteiger partial charge on any atom is -0.478 e. The number of nitrogens with zero attached hydrogens (tertiary/aromatic N) is 1. The molecule has 0 spiro atoms. The second-order valence-corrected chi connectivity index (χ2v) is 5.97. The number of carboxylic acid groups (broad SMARTS) is 1. The number of hydrogen-bond donors (Lipinski definition) is 3. The lowest BCUT2D eigenvalue weighted by atomic mass is 10.2. The molecule has 1 aromatic heterocycles. The quantitative estimate of drug-likeness (QED) is 0.768. The van der Waals surface area contributed by atoms with Gasteiger partial charge in [0, 0.05) is 16.0 Å². The molecule has 2 amide bonds. The number of anilines is 1. The van der Waals surface area contributed by atoms with E-state index in [-0.39, 0.29) is 11.6 Å². The molecule has 2 aromatic rings. The van der Waals surface area contributed by atoms with E-state index < -0.39 is 12.0 Å². The molecule has 1 unspecified atom stereocenters. The van der Waals surface area contributed by atoms with Crippen LogP contribution in [0.25, 0.3) is 0 Å². The molecule has 1 aromatic carbocycles. The molecule has 0 aliphatic rings. The van der Waals surface area contributed by atoms with Gasteiger partial charge in [-0.1, -0.05) is 0 Å². The molecule has 1 atom stereocenters. The van der Waals surface area contributed by atoms with Gasteiger partial charge < -0.3 is 15.7 Å². The highest BCUT2D eigenvalue weighted by Crippen LogP contribution is 2.24. The Balaban J connectivity index is 2.05. The van der Waals surface area contributed by atoms with Gasteiger partial charge in [0.05, 0.1) is 17.3 Å². The smallest absolute Gasteiger partial charge is 0.335 e. The molecule has 0 bridgehead atoms. The number of carbonyl (C=O) groups is 2. The number of amides is 2. The van der Waals surface area contributed by atoms with Gasteiger partial charge >= 0.3 is 12.0 Å². The number of urea groups is 1. The molecular weight excluding hydrogens is 358 g/mol. The number of hydrogen-bond acceptors (Lipinski definition) is 4. The predicted molar refractivity (Wildman–Crippen MR) is 83.8 cm³/mol. The van der Waals surface area contributed by atoms with Gasteiger partial charge in [0.2, 0.25) is 0 Å².